The average Bonchev–Trinajstić information content (AvgIpc) is 2.73. The van der Waals surface area contributed by atoms with Crippen LogP contribution in [0, 0.1) is 0 Å². The topological polar surface area (TPSA) is 39.3 Å². The van der Waals surface area contributed by atoms with Gasteiger partial charge < -0.3 is 9.88 Å². The smallest absolute Gasteiger partial charge is 0.232 e. The van der Waals surface area contributed by atoms with E-state index in [9.17, 15) is 4.79 Å². The Balaban J connectivity index is 1.97. The minimum atomic E-state index is 0.00338. The summed E-state index contributed by atoms with van der Waals surface area (Å²) in [5.74, 6) is 0.251. The van der Waals surface area contributed by atoms with Gasteiger partial charge in [0.1, 0.15) is 0 Å². The van der Waals surface area contributed by atoms with Gasteiger partial charge in [-0.05, 0) is 11.6 Å². The Morgan fingerprint density at radius 3 is 3.06 bits per heavy atom. The minimum absolute atomic E-state index is 0.00338. The Bertz CT molecular complexity index is 646. The Morgan fingerprint density at radius 1 is 1.33 bits per heavy atom. The van der Waals surface area contributed by atoms with Crippen molar-refractivity contribution in [3.63, 3.8) is 0 Å². The van der Waals surface area contributed by atoms with Crippen LogP contribution in [-0.2, 0) is 11.3 Å². The number of carbonyl (C=O) groups excluding carboxylic acids is 1. The number of aromatic amines is 1. The quantitative estimate of drug-likeness (QED) is 0.759. The van der Waals surface area contributed by atoms with Crippen molar-refractivity contribution in [3.8, 4) is 0 Å². The Hall–Kier alpha value is -1.81. The van der Waals surface area contributed by atoms with Crippen LogP contribution in [0.5, 0.6) is 0 Å². The van der Waals surface area contributed by atoms with Gasteiger partial charge >= 0.3 is 0 Å². The number of para-hydroxylation sites is 1. The molecule has 1 N–H and O–H groups in total. The lowest BCUT2D eigenvalue weighted by Gasteiger charge is -2.41. The van der Waals surface area contributed by atoms with Crippen molar-refractivity contribution in [2.75, 3.05) is 20.3 Å². The highest BCUT2D eigenvalue weighted by molar-refractivity contribution is 5.94. The van der Waals surface area contributed by atoms with Crippen LogP contribution in [0.1, 0.15) is 17.2 Å². The molecule has 2 aromatic rings. The summed E-state index contributed by atoms with van der Waals surface area (Å²) in [6, 6.07) is 8.27. The van der Waals surface area contributed by atoms with E-state index >= 15 is 0 Å². The molecule has 4 heteroatoms. The van der Waals surface area contributed by atoms with E-state index in [2.05, 4.69) is 22.0 Å². The number of fused-ring (bicyclic) bond motifs is 6. The first-order chi connectivity index (χ1) is 8.74. The molecule has 1 aromatic heterocycles. The maximum Gasteiger partial charge on any atom is 0.232 e. The van der Waals surface area contributed by atoms with Crippen molar-refractivity contribution < 1.29 is 4.79 Å². The Morgan fingerprint density at radius 2 is 2.17 bits per heavy atom. The number of benzene rings is 1. The highest BCUT2D eigenvalue weighted by Gasteiger charge is 2.39. The van der Waals surface area contributed by atoms with Crippen LogP contribution >= 0.6 is 0 Å². The zero-order chi connectivity index (χ0) is 12.3. The van der Waals surface area contributed by atoms with E-state index in [4.69, 9.17) is 0 Å². The van der Waals surface area contributed by atoms with Gasteiger partial charge in [-0.1, -0.05) is 18.2 Å². The van der Waals surface area contributed by atoms with Gasteiger partial charge in [-0.15, -0.1) is 0 Å². The molecule has 4 nitrogen and oxygen atoms in total. The largest absolute Gasteiger partial charge is 0.357 e. The van der Waals surface area contributed by atoms with Crippen molar-refractivity contribution >= 4 is 16.8 Å². The molecular weight excluding hydrogens is 226 g/mol. The monoisotopic (exact) mass is 241 g/mol. The molecule has 2 unspecified atom stereocenters. The van der Waals surface area contributed by atoms with Gasteiger partial charge in [0.15, 0.2) is 0 Å². The van der Waals surface area contributed by atoms with Gasteiger partial charge in [0.2, 0.25) is 5.91 Å². The first-order valence-corrected chi connectivity index (χ1v) is 6.31. The number of hydrogen-bond acceptors (Lipinski definition) is 2. The normalized spacial score (nSPS) is 26.5. The molecule has 0 aliphatic carbocycles. The SMILES string of the molecule is CN1CN2Cc3[nH]c4ccccc4c3C(C2)C1=O. The van der Waals surface area contributed by atoms with Gasteiger partial charge in [0.25, 0.3) is 0 Å². The van der Waals surface area contributed by atoms with Crippen molar-refractivity contribution in [2.24, 2.45) is 0 Å². The summed E-state index contributed by atoms with van der Waals surface area (Å²) in [7, 11) is 1.89. The zero-order valence-corrected chi connectivity index (χ0v) is 10.3. The summed E-state index contributed by atoms with van der Waals surface area (Å²) in [6.45, 7) is 2.51. The number of amides is 1. The summed E-state index contributed by atoms with van der Waals surface area (Å²) in [4.78, 5) is 19.9. The third-order valence-corrected chi connectivity index (χ3v) is 4.09. The number of likely N-dealkylation sites (N-methyl/N-ethyl adjacent to an activating group) is 1. The number of aromatic nitrogens is 1. The molecule has 2 aliphatic heterocycles. The van der Waals surface area contributed by atoms with E-state index < -0.39 is 0 Å². The van der Waals surface area contributed by atoms with E-state index in [0.29, 0.717) is 0 Å². The van der Waals surface area contributed by atoms with Crippen LogP contribution in [0.3, 0.4) is 0 Å². The average molecular weight is 241 g/mol. The molecule has 2 bridgehead atoms. The second-order valence-corrected chi connectivity index (χ2v) is 5.30. The Labute approximate surface area is 105 Å². The predicted octanol–water partition coefficient (Wildman–Crippen LogP) is 1.50. The summed E-state index contributed by atoms with van der Waals surface area (Å²) in [5.41, 5.74) is 3.58. The number of H-pyrrole nitrogens is 1. The number of hydrogen-bond donors (Lipinski definition) is 1. The van der Waals surface area contributed by atoms with E-state index in [0.717, 1.165) is 25.3 Å². The first kappa shape index (κ1) is 10.1. The molecule has 0 radical (unpaired) electrons. The maximum absolute atomic E-state index is 12.3. The molecule has 1 amide bonds. The number of carbonyl (C=O) groups is 1. The standard InChI is InChI=1S/C14H15N3O/c1-16-8-17-6-10(14(16)18)13-9-4-2-3-5-11(9)15-12(13)7-17/h2-5,10,15H,6-8H2,1H3. The van der Waals surface area contributed by atoms with Crippen LogP contribution in [-0.4, -0.2) is 41.0 Å². The molecule has 0 saturated carbocycles. The van der Waals surface area contributed by atoms with E-state index in [1.807, 2.05) is 24.1 Å². The van der Waals surface area contributed by atoms with Crippen molar-refractivity contribution in [2.45, 2.75) is 12.5 Å². The van der Waals surface area contributed by atoms with Gasteiger partial charge in [0.05, 0.1) is 12.6 Å². The van der Waals surface area contributed by atoms with Crippen LogP contribution in [0.4, 0.5) is 0 Å². The minimum Gasteiger partial charge on any atom is -0.357 e. The van der Waals surface area contributed by atoms with Gasteiger partial charge in [0, 0.05) is 36.7 Å². The molecule has 1 fully saturated rings. The third kappa shape index (κ3) is 1.21. The van der Waals surface area contributed by atoms with Crippen LogP contribution in [0.15, 0.2) is 24.3 Å². The van der Waals surface area contributed by atoms with E-state index in [-0.39, 0.29) is 11.8 Å². The molecule has 92 valence electrons. The lowest BCUT2D eigenvalue weighted by atomic mass is 9.89. The summed E-state index contributed by atoms with van der Waals surface area (Å²) in [6.07, 6.45) is 0. The van der Waals surface area contributed by atoms with Crippen LogP contribution in [0.2, 0.25) is 0 Å². The third-order valence-electron chi connectivity index (χ3n) is 4.09. The molecule has 1 saturated heterocycles. The molecule has 2 aliphatic rings. The number of nitrogens with one attached hydrogen (secondary N) is 1. The molecule has 1 aromatic carbocycles. The summed E-state index contributed by atoms with van der Waals surface area (Å²) < 4.78 is 0. The lowest BCUT2D eigenvalue weighted by molar-refractivity contribution is -0.139. The second-order valence-electron chi connectivity index (χ2n) is 5.30. The number of nitrogens with zero attached hydrogens (tertiary/aromatic N) is 2. The van der Waals surface area contributed by atoms with E-state index in [1.54, 1.807) is 0 Å². The molecule has 2 atom stereocenters. The molecule has 3 heterocycles. The van der Waals surface area contributed by atoms with Crippen molar-refractivity contribution in [3.05, 3.63) is 35.5 Å². The van der Waals surface area contributed by atoms with Crippen molar-refractivity contribution in [1.82, 2.24) is 14.8 Å². The lowest BCUT2D eigenvalue weighted by Crippen LogP contribution is -2.52. The fraction of sp³-hybridized carbons (Fsp3) is 0.357. The molecule has 4 rings (SSSR count). The summed E-state index contributed by atoms with van der Waals surface area (Å²) >= 11 is 0. The van der Waals surface area contributed by atoms with Crippen molar-refractivity contribution in [1.29, 1.82) is 0 Å². The van der Waals surface area contributed by atoms with E-state index in [1.165, 1.54) is 16.6 Å². The van der Waals surface area contributed by atoms with Gasteiger partial charge in [-0.3, -0.25) is 9.69 Å². The molecule has 18 heavy (non-hydrogen) atoms. The zero-order valence-electron chi connectivity index (χ0n) is 10.3. The van der Waals surface area contributed by atoms with Crippen LogP contribution < -0.4 is 0 Å². The van der Waals surface area contributed by atoms with Gasteiger partial charge in [-0.2, -0.15) is 0 Å². The fourth-order valence-electron chi connectivity index (χ4n) is 3.32. The fourth-order valence-corrected chi connectivity index (χ4v) is 3.32. The Kier molecular flexibility index (Phi) is 1.89. The van der Waals surface area contributed by atoms with Gasteiger partial charge in [-0.25, -0.2) is 0 Å². The van der Waals surface area contributed by atoms with Crippen LogP contribution in [0.25, 0.3) is 10.9 Å². The number of rotatable bonds is 0. The molecular formula is C14H15N3O. The summed E-state index contributed by atoms with van der Waals surface area (Å²) in [5, 5.41) is 1.21. The predicted molar refractivity (Wildman–Crippen MR) is 69.1 cm³/mol. The first-order valence-electron chi connectivity index (χ1n) is 6.31. The highest BCUT2D eigenvalue weighted by Crippen LogP contribution is 2.37. The highest BCUT2D eigenvalue weighted by atomic mass is 16.2. The maximum atomic E-state index is 12.3. The molecule has 0 spiro atoms. The second kappa shape index (κ2) is 3.36.